The van der Waals surface area contributed by atoms with Crippen LogP contribution >= 0.6 is 11.3 Å². The van der Waals surface area contributed by atoms with Gasteiger partial charge in [-0.3, -0.25) is 9.69 Å². The van der Waals surface area contributed by atoms with Crippen molar-refractivity contribution < 1.29 is 13.7 Å². The van der Waals surface area contributed by atoms with Crippen LogP contribution in [0.25, 0.3) is 0 Å². The summed E-state index contributed by atoms with van der Waals surface area (Å²) in [5, 5.41) is 5.80. The van der Waals surface area contributed by atoms with Crippen LogP contribution in [0.3, 0.4) is 0 Å². The lowest BCUT2D eigenvalue weighted by Crippen LogP contribution is -2.40. The highest BCUT2D eigenvalue weighted by Gasteiger charge is 2.34. The van der Waals surface area contributed by atoms with Gasteiger partial charge in [0.2, 0.25) is 0 Å². The Morgan fingerprint density at radius 2 is 2.33 bits per heavy atom. The number of rotatable bonds is 5. The lowest BCUT2D eigenvalue weighted by atomic mass is 10.2. The van der Waals surface area contributed by atoms with Crippen molar-refractivity contribution >= 4 is 17.2 Å². The first-order chi connectivity index (χ1) is 11.4. The molecule has 2 aromatic rings. The van der Waals surface area contributed by atoms with Crippen LogP contribution in [0.2, 0.25) is 0 Å². The maximum absolute atomic E-state index is 13.9. The molecule has 5 nitrogen and oxygen atoms in total. The fraction of sp³-hybridized carbons (Fsp3) is 0.529. The topological polar surface area (TPSA) is 49.6 Å². The van der Waals surface area contributed by atoms with Crippen LogP contribution in [0.4, 0.5) is 4.39 Å². The summed E-state index contributed by atoms with van der Waals surface area (Å²) in [4.78, 5) is 17.0. The quantitative estimate of drug-likeness (QED) is 0.831. The molecule has 0 radical (unpaired) electrons. The minimum Gasteiger partial charge on any atom is -0.360 e. The third-order valence-corrected chi connectivity index (χ3v) is 5.40. The Kier molecular flexibility index (Phi) is 5.01. The summed E-state index contributed by atoms with van der Waals surface area (Å²) >= 11 is 1.45. The number of amides is 1. The van der Waals surface area contributed by atoms with Crippen LogP contribution in [0.15, 0.2) is 22.0 Å². The van der Waals surface area contributed by atoms with E-state index in [1.165, 1.54) is 11.3 Å². The summed E-state index contributed by atoms with van der Waals surface area (Å²) in [5.41, 5.74) is 1.80. The Bertz CT molecular complexity index is 714. The average Bonchev–Trinajstić information content (AvgIpc) is 3.21. The Balaban J connectivity index is 1.65. The highest BCUT2D eigenvalue weighted by Crippen LogP contribution is 2.25. The number of likely N-dealkylation sites (N-methyl/N-ethyl adjacent to an activating group) is 1. The fourth-order valence-electron chi connectivity index (χ4n) is 3.16. The largest absolute Gasteiger partial charge is 0.360 e. The zero-order valence-corrected chi connectivity index (χ0v) is 15.0. The molecule has 7 heteroatoms. The summed E-state index contributed by atoms with van der Waals surface area (Å²) in [5.74, 6) is 0.731. The van der Waals surface area contributed by atoms with Crippen LogP contribution in [-0.2, 0) is 6.54 Å². The zero-order valence-electron chi connectivity index (χ0n) is 14.2. The Morgan fingerprint density at radius 1 is 1.54 bits per heavy atom. The van der Waals surface area contributed by atoms with Gasteiger partial charge >= 0.3 is 0 Å². The molecule has 0 bridgehead atoms. The number of carbonyl (C=O) groups is 1. The molecular weight excluding hydrogens is 329 g/mol. The molecule has 3 heterocycles. The van der Waals surface area contributed by atoms with Crippen LogP contribution in [0.1, 0.15) is 33.1 Å². The average molecular weight is 351 g/mol. The molecule has 0 unspecified atom stereocenters. The molecule has 2 atom stereocenters. The van der Waals surface area contributed by atoms with Gasteiger partial charge in [0.15, 0.2) is 5.76 Å². The second-order valence-corrected chi connectivity index (χ2v) is 7.39. The van der Waals surface area contributed by atoms with E-state index < -0.39 is 6.17 Å². The fourth-order valence-corrected chi connectivity index (χ4v) is 4.08. The standard InChI is InChI=1S/C17H22FN3O2S/c1-11-4-5-24-16(11)17(22)20(3)9-14-7-13(18)8-21(14)10-15-6-12(2)19-23-15/h4-6,13-14H,7-10H2,1-3H3/t13-,14-/m0/s1. The van der Waals surface area contributed by atoms with Crippen molar-refractivity contribution in [2.75, 3.05) is 20.1 Å². The maximum atomic E-state index is 13.9. The highest BCUT2D eigenvalue weighted by atomic mass is 32.1. The molecule has 1 fully saturated rings. The third kappa shape index (κ3) is 3.67. The van der Waals surface area contributed by atoms with E-state index in [2.05, 4.69) is 5.16 Å². The molecule has 2 aromatic heterocycles. The first-order valence-electron chi connectivity index (χ1n) is 8.04. The van der Waals surface area contributed by atoms with Gasteiger partial charge in [0.1, 0.15) is 6.17 Å². The normalized spacial score (nSPS) is 21.3. The van der Waals surface area contributed by atoms with E-state index in [1.54, 1.807) is 11.9 Å². The van der Waals surface area contributed by atoms with E-state index in [0.717, 1.165) is 21.9 Å². The number of thiophene rings is 1. The molecule has 130 valence electrons. The van der Waals surface area contributed by atoms with Crippen molar-refractivity contribution in [2.45, 2.75) is 39.0 Å². The number of halogens is 1. The third-order valence-electron chi connectivity index (χ3n) is 4.40. The van der Waals surface area contributed by atoms with Gasteiger partial charge in [-0.25, -0.2) is 4.39 Å². The van der Waals surface area contributed by atoms with Gasteiger partial charge in [-0.15, -0.1) is 11.3 Å². The molecule has 0 spiro atoms. The highest BCUT2D eigenvalue weighted by molar-refractivity contribution is 7.12. The molecule has 0 aliphatic carbocycles. The zero-order chi connectivity index (χ0) is 17.3. The molecular formula is C17H22FN3O2S. The number of alkyl halides is 1. The molecule has 0 aromatic carbocycles. The molecule has 3 rings (SSSR count). The molecule has 1 saturated heterocycles. The predicted molar refractivity (Wildman–Crippen MR) is 91.0 cm³/mol. The van der Waals surface area contributed by atoms with Crippen molar-refractivity contribution in [3.63, 3.8) is 0 Å². The van der Waals surface area contributed by atoms with Crippen molar-refractivity contribution in [1.82, 2.24) is 15.0 Å². The summed E-state index contributed by atoms with van der Waals surface area (Å²) in [6.07, 6.45) is -0.431. The van der Waals surface area contributed by atoms with Crippen molar-refractivity contribution in [3.8, 4) is 0 Å². The summed E-state index contributed by atoms with van der Waals surface area (Å²) < 4.78 is 19.2. The summed E-state index contributed by atoms with van der Waals surface area (Å²) in [7, 11) is 1.78. The van der Waals surface area contributed by atoms with Gasteiger partial charge in [0.25, 0.3) is 5.91 Å². The number of hydrogen-bond acceptors (Lipinski definition) is 5. The Labute approximate surface area is 145 Å². The summed E-state index contributed by atoms with van der Waals surface area (Å²) in [6, 6.07) is 3.80. The van der Waals surface area contributed by atoms with E-state index >= 15 is 0 Å². The molecule has 1 aliphatic heterocycles. The van der Waals surface area contributed by atoms with E-state index in [0.29, 0.717) is 26.1 Å². The SMILES string of the molecule is Cc1cc(CN2C[C@@H](F)C[C@H]2CN(C)C(=O)c2sccc2C)on1. The molecule has 1 aliphatic rings. The van der Waals surface area contributed by atoms with Crippen LogP contribution in [0, 0.1) is 13.8 Å². The first kappa shape index (κ1) is 17.1. The molecule has 0 N–H and O–H groups in total. The minimum absolute atomic E-state index is 0.000248. The first-order valence-corrected chi connectivity index (χ1v) is 8.92. The van der Waals surface area contributed by atoms with Gasteiger partial charge < -0.3 is 9.42 Å². The van der Waals surface area contributed by atoms with Gasteiger partial charge in [0, 0.05) is 32.2 Å². The second kappa shape index (κ2) is 7.03. The van der Waals surface area contributed by atoms with Gasteiger partial charge in [-0.05, 0) is 37.3 Å². The summed E-state index contributed by atoms with van der Waals surface area (Å²) in [6.45, 7) is 5.19. The van der Waals surface area contributed by atoms with E-state index in [4.69, 9.17) is 4.52 Å². The van der Waals surface area contributed by atoms with Crippen LogP contribution < -0.4 is 0 Å². The van der Waals surface area contributed by atoms with Crippen molar-refractivity contribution in [2.24, 2.45) is 0 Å². The Morgan fingerprint density at radius 3 is 2.96 bits per heavy atom. The number of likely N-dealkylation sites (tertiary alicyclic amines) is 1. The molecule has 1 amide bonds. The second-order valence-electron chi connectivity index (χ2n) is 6.47. The molecule has 0 saturated carbocycles. The number of aromatic nitrogens is 1. The molecule has 24 heavy (non-hydrogen) atoms. The van der Waals surface area contributed by atoms with Gasteiger partial charge in [0.05, 0.1) is 17.1 Å². The van der Waals surface area contributed by atoms with Crippen LogP contribution in [0.5, 0.6) is 0 Å². The number of hydrogen-bond donors (Lipinski definition) is 0. The lowest BCUT2D eigenvalue weighted by molar-refractivity contribution is 0.0750. The van der Waals surface area contributed by atoms with E-state index in [-0.39, 0.29) is 11.9 Å². The minimum atomic E-state index is -0.869. The van der Waals surface area contributed by atoms with E-state index in [9.17, 15) is 9.18 Å². The van der Waals surface area contributed by atoms with Gasteiger partial charge in [-0.2, -0.15) is 0 Å². The van der Waals surface area contributed by atoms with Crippen molar-refractivity contribution in [3.05, 3.63) is 39.4 Å². The smallest absolute Gasteiger partial charge is 0.263 e. The van der Waals surface area contributed by atoms with Crippen molar-refractivity contribution in [1.29, 1.82) is 0 Å². The maximum Gasteiger partial charge on any atom is 0.263 e. The van der Waals surface area contributed by atoms with Gasteiger partial charge in [-0.1, -0.05) is 5.16 Å². The monoisotopic (exact) mass is 351 g/mol. The predicted octanol–water partition coefficient (Wildman–Crippen LogP) is 3.04. The van der Waals surface area contributed by atoms with E-state index in [1.807, 2.05) is 36.3 Å². The lowest BCUT2D eigenvalue weighted by Gasteiger charge is -2.27. The number of nitrogens with zero attached hydrogens (tertiary/aromatic N) is 3. The van der Waals surface area contributed by atoms with Crippen LogP contribution in [-0.4, -0.2) is 53.2 Å². The Hall–Kier alpha value is -1.73. The number of carbonyl (C=O) groups excluding carboxylic acids is 1. The number of aryl methyl sites for hydroxylation is 2.